The molecule has 1 aliphatic heterocycles. The zero-order valence-electron chi connectivity index (χ0n) is 22.7. The maximum absolute atomic E-state index is 13.4. The quantitative estimate of drug-likeness (QED) is 0.287. The van der Waals surface area contributed by atoms with Crippen molar-refractivity contribution in [2.75, 3.05) is 32.1 Å². The number of methoxy groups -OCH3 is 1. The molecule has 2 heterocycles. The number of rotatable bonds is 10. The van der Waals surface area contributed by atoms with E-state index < -0.39 is 46.1 Å². The largest absolute Gasteiger partial charge is 0.480 e. The van der Waals surface area contributed by atoms with Crippen LogP contribution in [0.25, 0.3) is 10.4 Å². The Morgan fingerprint density at radius 1 is 1.12 bits per heavy atom. The molecule has 9 nitrogen and oxygen atoms in total. The van der Waals surface area contributed by atoms with E-state index in [-0.39, 0.29) is 35.3 Å². The predicted octanol–water partition coefficient (Wildman–Crippen LogP) is 5.40. The van der Waals surface area contributed by atoms with Crippen LogP contribution in [-0.4, -0.2) is 62.6 Å². The van der Waals surface area contributed by atoms with E-state index in [1.165, 1.54) is 29.6 Å². The maximum atomic E-state index is 13.4. The topological polar surface area (TPSA) is 122 Å². The first kappa shape index (κ1) is 31.3. The molecule has 1 aliphatic rings. The number of aliphatic carboxylic acids is 1. The standard InChI is InChI=1S/C28H29F3N2O7S2/c1-17-24(40-15-23(34)35)26(27(36)39-2)41-25(17)18-7-5-8-21(14-18)32-20-10-12-33(13-11-20)42(37,38)16-19-6-3-4-9-22(19)28(29,30)31/h3-9,14,20,32H,10-13,15-16H2,1-2H3,(H,34,35). The number of carbonyl (C=O) groups is 2. The molecule has 4 rings (SSSR count). The fraction of sp³-hybridized carbons (Fsp3) is 0.357. The summed E-state index contributed by atoms with van der Waals surface area (Å²) in [7, 11) is -2.74. The Kier molecular flexibility index (Phi) is 9.48. The molecule has 1 aromatic heterocycles. The van der Waals surface area contributed by atoms with E-state index in [4.69, 9.17) is 14.6 Å². The fourth-order valence-corrected chi connectivity index (χ4v) is 7.54. The highest BCUT2D eigenvalue weighted by Gasteiger charge is 2.36. The summed E-state index contributed by atoms with van der Waals surface area (Å²) in [4.78, 5) is 24.2. The smallest absolute Gasteiger partial charge is 0.416 e. The zero-order valence-corrected chi connectivity index (χ0v) is 24.4. The van der Waals surface area contributed by atoms with Crippen LogP contribution in [0.4, 0.5) is 18.9 Å². The van der Waals surface area contributed by atoms with Crippen LogP contribution in [0.3, 0.4) is 0 Å². The van der Waals surface area contributed by atoms with Crippen LogP contribution < -0.4 is 10.1 Å². The number of hydrogen-bond acceptors (Lipinski definition) is 8. The second kappa shape index (κ2) is 12.7. The summed E-state index contributed by atoms with van der Waals surface area (Å²) in [6.45, 7) is 1.42. The number of thiophene rings is 1. The molecule has 2 aromatic carbocycles. The van der Waals surface area contributed by atoms with E-state index >= 15 is 0 Å². The van der Waals surface area contributed by atoms with Crippen LogP contribution in [0.15, 0.2) is 48.5 Å². The summed E-state index contributed by atoms with van der Waals surface area (Å²) in [5, 5.41) is 12.4. The minimum atomic E-state index is -4.65. The number of alkyl halides is 3. The number of ether oxygens (including phenoxy) is 2. The van der Waals surface area contributed by atoms with Gasteiger partial charge in [-0.1, -0.05) is 30.3 Å². The zero-order chi connectivity index (χ0) is 30.7. The molecule has 2 N–H and O–H groups in total. The van der Waals surface area contributed by atoms with E-state index in [0.717, 1.165) is 28.7 Å². The van der Waals surface area contributed by atoms with Gasteiger partial charge in [0, 0.05) is 35.3 Å². The number of nitrogens with zero attached hydrogens (tertiary/aromatic N) is 1. The van der Waals surface area contributed by atoms with Crippen molar-refractivity contribution >= 4 is 39.0 Å². The molecule has 0 radical (unpaired) electrons. The molecule has 0 amide bonds. The highest BCUT2D eigenvalue weighted by Crippen LogP contribution is 2.42. The number of nitrogens with one attached hydrogen (secondary N) is 1. The first-order valence-corrected chi connectivity index (χ1v) is 15.3. The van der Waals surface area contributed by atoms with Crippen molar-refractivity contribution in [1.82, 2.24) is 4.31 Å². The normalized spacial score (nSPS) is 14.9. The molecule has 226 valence electrons. The molecule has 0 atom stereocenters. The van der Waals surface area contributed by atoms with Gasteiger partial charge >= 0.3 is 18.1 Å². The van der Waals surface area contributed by atoms with Gasteiger partial charge in [0.05, 0.1) is 18.4 Å². The molecular formula is C28H29F3N2O7S2. The molecule has 0 aliphatic carbocycles. The molecule has 1 saturated heterocycles. The molecule has 0 unspecified atom stereocenters. The predicted molar refractivity (Wildman–Crippen MR) is 151 cm³/mol. The Labute approximate surface area is 244 Å². The Morgan fingerprint density at radius 3 is 2.45 bits per heavy atom. The lowest BCUT2D eigenvalue weighted by Gasteiger charge is -2.32. The average Bonchev–Trinajstić information content (AvgIpc) is 3.27. The SMILES string of the molecule is COC(=O)c1sc(-c2cccc(NC3CCN(S(=O)(=O)Cc4ccccc4C(F)(F)F)CC3)c2)c(C)c1OCC(=O)O. The third-order valence-electron chi connectivity index (χ3n) is 6.81. The highest BCUT2D eigenvalue weighted by atomic mass is 32.2. The lowest BCUT2D eigenvalue weighted by atomic mass is 10.0. The molecule has 0 spiro atoms. The number of halogens is 3. The first-order valence-electron chi connectivity index (χ1n) is 12.9. The Balaban J connectivity index is 1.44. The number of carboxylic acid groups (broad SMARTS) is 1. The van der Waals surface area contributed by atoms with E-state index in [0.29, 0.717) is 23.3 Å². The summed E-state index contributed by atoms with van der Waals surface area (Å²) in [6.07, 6.45) is -3.75. The lowest BCUT2D eigenvalue weighted by molar-refractivity contribution is -0.139. The van der Waals surface area contributed by atoms with Crippen molar-refractivity contribution in [1.29, 1.82) is 0 Å². The Bertz CT molecular complexity index is 1560. The van der Waals surface area contributed by atoms with E-state index in [1.54, 1.807) is 6.92 Å². The van der Waals surface area contributed by atoms with Crippen molar-refractivity contribution in [3.8, 4) is 16.2 Å². The number of carbonyl (C=O) groups excluding carboxylic acids is 1. The van der Waals surface area contributed by atoms with Crippen LogP contribution in [0.5, 0.6) is 5.75 Å². The van der Waals surface area contributed by atoms with Crippen molar-refractivity contribution in [3.05, 3.63) is 70.1 Å². The van der Waals surface area contributed by atoms with Gasteiger partial charge in [-0.2, -0.15) is 13.2 Å². The second-order valence-electron chi connectivity index (χ2n) is 9.70. The number of benzene rings is 2. The first-order chi connectivity index (χ1) is 19.8. The van der Waals surface area contributed by atoms with Crippen LogP contribution in [0.1, 0.15) is 39.2 Å². The number of esters is 1. The van der Waals surface area contributed by atoms with Gasteiger partial charge in [0.2, 0.25) is 10.0 Å². The average molecular weight is 627 g/mol. The molecule has 0 bridgehead atoms. The van der Waals surface area contributed by atoms with Crippen LogP contribution >= 0.6 is 11.3 Å². The summed E-state index contributed by atoms with van der Waals surface area (Å²) < 4.78 is 77.5. The van der Waals surface area contributed by atoms with Gasteiger partial charge < -0.3 is 19.9 Å². The van der Waals surface area contributed by atoms with Gasteiger partial charge in [-0.25, -0.2) is 22.3 Å². The maximum Gasteiger partial charge on any atom is 0.416 e. The van der Waals surface area contributed by atoms with Crippen molar-refractivity contribution in [2.24, 2.45) is 0 Å². The Hall–Kier alpha value is -3.62. The highest BCUT2D eigenvalue weighted by molar-refractivity contribution is 7.88. The number of carboxylic acids is 1. The molecule has 0 saturated carbocycles. The monoisotopic (exact) mass is 626 g/mol. The van der Waals surface area contributed by atoms with Gasteiger partial charge in [-0.15, -0.1) is 11.3 Å². The Morgan fingerprint density at radius 2 is 1.81 bits per heavy atom. The van der Waals surface area contributed by atoms with Gasteiger partial charge in [-0.05, 0) is 49.1 Å². The minimum Gasteiger partial charge on any atom is -0.480 e. The van der Waals surface area contributed by atoms with Gasteiger partial charge in [0.15, 0.2) is 11.5 Å². The van der Waals surface area contributed by atoms with Crippen molar-refractivity contribution in [2.45, 2.75) is 37.7 Å². The fourth-order valence-electron chi connectivity index (χ4n) is 4.78. The number of sulfonamides is 1. The third kappa shape index (κ3) is 7.23. The van der Waals surface area contributed by atoms with Crippen molar-refractivity contribution in [3.63, 3.8) is 0 Å². The van der Waals surface area contributed by atoms with E-state index in [1.807, 2.05) is 24.3 Å². The third-order valence-corrected chi connectivity index (χ3v) is 9.94. The second-order valence-corrected chi connectivity index (χ2v) is 12.7. The van der Waals surface area contributed by atoms with Gasteiger partial charge in [-0.3, -0.25) is 0 Å². The van der Waals surface area contributed by atoms with Crippen LogP contribution in [0.2, 0.25) is 0 Å². The summed E-state index contributed by atoms with van der Waals surface area (Å²) in [5.41, 5.74) is 0.849. The van der Waals surface area contributed by atoms with E-state index in [9.17, 15) is 31.2 Å². The summed E-state index contributed by atoms with van der Waals surface area (Å²) in [5.74, 6) is -2.41. The molecule has 14 heteroatoms. The number of anilines is 1. The summed E-state index contributed by atoms with van der Waals surface area (Å²) in [6, 6.07) is 11.9. The molecule has 3 aromatic rings. The number of hydrogen-bond donors (Lipinski definition) is 2. The lowest BCUT2D eigenvalue weighted by Crippen LogP contribution is -2.42. The van der Waals surface area contributed by atoms with Gasteiger partial charge in [0.25, 0.3) is 0 Å². The van der Waals surface area contributed by atoms with Crippen LogP contribution in [-0.2, 0) is 31.5 Å². The molecule has 1 fully saturated rings. The van der Waals surface area contributed by atoms with Crippen LogP contribution in [0, 0.1) is 6.92 Å². The summed E-state index contributed by atoms with van der Waals surface area (Å²) >= 11 is 1.12. The van der Waals surface area contributed by atoms with E-state index in [2.05, 4.69) is 5.32 Å². The number of piperidine rings is 1. The molecular weight excluding hydrogens is 597 g/mol. The minimum absolute atomic E-state index is 0.0846. The van der Waals surface area contributed by atoms with Crippen molar-refractivity contribution < 1.29 is 45.8 Å². The van der Waals surface area contributed by atoms with Gasteiger partial charge in [0.1, 0.15) is 5.75 Å². The molecule has 42 heavy (non-hydrogen) atoms.